The van der Waals surface area contributed by atoms with E-state index >= 15 is 0 Å². The third-order valence-corrected chi connectivity index (χ3v) is 5.53. The normalized spacial score (nSPS) is 12.3. The lowest BCUT2D eigenvalue weighted by molar-refractivity contribution is -0.101. The van der Waals surface area contributed by atoms with Gasteiger partial charge in [-0.2, -0.15) is 0 Å². The molecular formula is C28H34N6O6. The topological polar surface area (TPSA) is 170 Å². The van der Waals surface area contributed by atoms with Crippen LogP contribution < -0.4 is 10.6 Å². The van der Waals surface area contributed by atoms with E-state index in [1.807, 2.05) is 13.8 Å². The number of azo groups is 2. The summed E-state index contributed by atoms with van der Waals surface area (Å²) in [6.07, 6.45) is -1.24. The van der Waals surface area contributed by atoms with Crippen molar-refractivity contribution in [3.63, 3.8) is 0 Å². The Hall–Kier alpha value is -4.23. The molecule has 5 N–H and O–H groups in total. The van der Waals surface area contributed by atoms with E-state index in [0.717, 1.165) is 13.1 Å². The molecule has 0 spiro atoms. The van der Waals surface area contributed by atoms with Crippen molar-refractivity contribution >= 4 is 28.7 Å². The third-order valence-electron chi connectivity index (χ3n) is 5.53. The lowest BCUT2D eigenvalue weighted by Gasteiger charge is -2.14. The fourth-order valence-corrected chi connectivity index (χ4v) is 3.45. The van der Waals surface area contributed by atoms with Crippen LogP contribution in [0.5, 0.6) is 11.5 Å². The zero-order chi connectivity index (χ0) is 28.7. The average Bonchev–Trinajstić information content (AvgIpc) is 2.97. The van der Waals surface area contributed by atoms with Crippen LogP contribution in [0.2, 0.25) is 0 Å². The maximum Gasteiger partial charge on any atom is 0.340 e. The first-order valence-corrected chi connectivity index (χ1v) is 12.9. The van der Waals surface area contributed by atoms with Crippen LogP contribution in [0, 0.1) is 0 Å². The number of carbonyl (C=O) groups is 1. The van der Waals surface area contributed by atoms with Crippen molar-refractivity contribution < 1.29 is 29.6 Å². The van der Waals surface area contributed by atoms with Gasteiger partial charge in [-0.3, -0.25) is 0 Å². The van der Waals surface area contributed by atoms with Gasteiger partial charge in [-0.1, -0.05) is 44.2 Å². The predicted molar refractivity (Wildman–Crippen MR) is 149 cm³/mol. The van der Waals surface area contributed by atoms with E-state index in [9.17, 15) is 20.1 Å². The average molecular weight is 551 g/mol. The summed E-state index contributed by atoms with van der Waals surface area (Å²) in [6, 6.07) is 15.8. The molecule has 0 bridgehead atoms. The van der Waals surface area contributed by atoms with E-state index in [1.165, 1.54) is 12.1 Å². The molecule has 212 valence electrons. The van der Waals surface area contributed by atoms with Gasteiger partial charge in [0.2, 0.25) is 0 Å². The van der Waals surface area contributed by atoms with Gasteiger partial charge in [0.05, 0.1) is 17.9 Å². The first kappa shape index (κ1) is 30.3. The van der Waals surface area contributed by atoms with Crippen LogP contribution in [-0.2, 0) is 9.47 Å². The first-order valence-electron chi connectivity index (χ1n) is 12.9. The highest BCUT2D eigenvalue weighted by Gasteiger charge is 2.16. The summed E-state index contributed by atoms with van der Waals surface area (Å²) >= 11 is 0. The fraction of sp³-hybridized carbons (Fsp3) is 0.321. The van der Waals surface area contributed by atoms with Crippen LogP contribution in [0.4, 0.5) is 22.7 Å². The lowest BCUT2D eigenvalue weighted by Crippen LogP contribution is -2.20. The minimum absolute atomic E-state index is 0.0119. The Labute approximate surface area is 232 Å². The molecule has 0 aliphatic rings. The number of nitrogens with zero attached hydrogens (tertiary/aromatic N) is 4. The van der Waals surface area contributed by atoms with E-state index in [4.69, 9.17) is 9.47 Å². The van der Waals surface area contributed by atoms with Crippen molar-refractivity contribution in [1.82, 2.24) is 10.6 Å². The van der Waals surface area contributed by atoms with Crippen LogP contribution in [0.3, 0.4) is 0 Å². The van der Waals surface area contributed by atoms with Crippen LogP contribution in [0.1, 0.15) is 36.1 Å². The lowest BCUT2D eigenvalue weighted by atomic mass is 10.2. The van der Waals surface area contributed by atoms with Crippen molar-refractivity contribution in [3.8, 4) is 11.5 Å². The summed E-state index contributed by atoms with van der Waals surface area (Å²) in [5.41, 5.74) is 0.844. The smallest absolute Gasteiger partial charge is 0.340 e. The van der Waals surface area contributed by atoms with Crippen LogP contribution >= 0.6 is 0 Å². The highest BCUT2D eigenvalue weighted by molar-refractivity contribution is 5.94. The SMILES string of the molecule is CCNCCOC(=O)c1ccccc1/N=N/c1ccc(O)c(/N=N/c2ccccc2C(O)OCCNCC)c1O. The Morgan fingerprint density at radius 3 is 2.17 bits per heavy atom. The minimum atomic E-state index is -1.24. The summed E-state index contributed by atoms with van der Waals surface area (Å²) < 4.78 is 10.7. The van der Waals surface area contributed by atoms with Gasteiger partial charge in [0.1, 0.15) is 23.7 Å². The number of hydrogen-bond donors (Lipinski definition) is 5. The number of carbonyl (C=O) groups excluding carboxylic acids is 1. The number of hydrogen-bond acceptors (Lipinski definition) is 12. The summed E-state index contributed by atoms with van der Waals surface area (Å²) in [6.45, 7) is 7.05. The third kappa shape index (κ3) is 8.64. The standard InChI is InChI=1S/C28H34N6O6/c1-3-29-15-17-39-27(37)19-9-5-7-11-21(19)31-33-23-13-14-24(35)25(26(23)36)34-32-22-12-8-6-10-20(22)28(38)40-18-16-30-4-2/h5-14,28-30,35-36,38H,3-4,15-18H2,1-2H3/b33-31+,34-32+. The van der Waals surface area contributed by atoms with Crippen molar-refractivity contribution in [2.24, 2.45) is 20.5 Å². The number of benzene rings is 3. The predicted octanol–water partition coefficient (Wildman–Crippen LogP) is 5.31. The largest absolute Gasteiger partial charge is 0.505 e. The number of nitrogens with one attached hydrogen (secondary N) is 2. The molecule has 0 aliphatic heterocycles. The number of likely N-dealkylation sites (N-methyl/N-ethyl adjacent to an activating group) is 2. The van der Waals surface area contributed by atoms with Crippen molar-refractivity contribution in [2.75, 3.05) is 39.4 Å². The summed E-state index contributed by atoms with van der Waals surface area (Å²) in [7, 11) is 0. The molecule has 3 rings (SSSR count). The molecule has 3 aromatic carbocycles. The van der Waals surface area contributed by atoms with Gasteiger partial charge in [-0.15, -0.1) is 20.5 Å². The van der Waals surface area contributed by atoms with E-state index in [0.29, 0.717) is 18.7 Å². The second kappa shape index (κ2) is 16.0. The monoisotopic (exact) mass is 550 g/mol. The van der Waals surface area contributed by atoms with Crippen LogP contribution in [0.15, 0.2) is 81.1 Å². The van der Waals surface area contributed by atoms with Gasteiger partial charge >= 0.3 is 5.97 Å². The van der Waals surface area contributed by atoms with E-state index in [2.05, 4.69) is 31.1 Å². The van der Waals surface area contributed by atoms with Gasteiger partial charge in [0, 0.05) is 18.7 Å². The summed E-state index contributed by atoms with van der Waals surface area (Å²) in [5, 5.41) is 54.0. The molecule has 1 unspecified atom stereocenters. The fourth-order valence-electron chi connectivity index (χ4n) is 3.45. The second-order valence-electron chi connectivity index (χ2n) is 8.34. The molecular weight excluding hydrogens is 516 g/mol. The van der Waals surface area contributed by atoms with Crippen LogP contribution in [0.25, 0.3) is 0 Å². The van der Waals surface area contributed by atoms with Gasteiger partial charge in [-0.25, -0.2) is 4.79 Å². The molecule has 0 radical (unpaired) electrons. The number of rotatable bonds is 15. The Morgan fingerprint density at radius 2 is 1.43 bits per heavy atom. The highest BCUT2D eigenvalue weighted by atomic mass is 16.6. The Morgan fingerprint density at radius 1 is 0.800 bits per heavy atom. The molecule has 40 heavy (non-hydrogen) atoms. The van der Waals surface area contributed by atoms with E-state index in [-0.39, 0.29) is 47.3 Å². The number of phenolic OH excluding ortho intramolecular Hbond substituents is 2. The van der Waals surface area contributed by atoms with E-state index < -0.39 is 18.0 Å². The van der Waals surface area contributed by atoms with Gasteiger partial charge < -0.3 is 35.4 Å². The van der Waals surface area contributed by atoms with Gasteiger partial charge in [0.15, 0.2) is 17.7 Å². The maximum absolute atomic E-state index is 12.5. The molecule has 0 saturated carbocycles. The van der Waals surface area contributed by atoms with Crippen molar-refractivity contribution in [2.45, 2.75) is 20.1 Å². The molecule has 1 atom stereocenters. The molecule has 0 aromatic heterocycles. The zero-order valence-electron chi connectivity index (χ0n) is 22.4. The molecule has 12 heteroatoms. The quantitative estimate of drug-likeness (QED) is 0.0733. The number of esters is 1. The first-order chi connectivity index (χ1) is 19.5. The van der Waals surface area contributed by atoms with Gasteiger partial charge in [0.25, 0.3) is 0 Å². The molecule has 0 amide bonds. The van der Waals surface area contributed by atoms with Crippen molar-refractivity contribution in [1.29, 1.82) is 0 Å². The zero-order valence-corrected chi connectivity index (χ0v) is 22.4. The number of aromatic hydroxyl groups is 2. The summed E-state index contributed by atoms with van der Waals surface area (Å²) in [5.74, 6) is -1.37. The molecule has 12 nitrogen and oxygen atoms in total. The van der Waals surface area contributed by atoms with Crippen LogP contribution in [-0.4, -0.2) is 60.7 Å². The number of phenols is 2. The van der Waals surface area contributed by atoms with Crippen molar-refractivity contribution in [3.05, 3.63) is 71.8 Å². The second-order valence-corrected chi connectivity index (χ2v) is 8.34. The minimum Gasteiger partial charge on any atom is -0.505 e. The number of aliphatic hydroxyl groups is 1. The molecule has 0 heterocycles. The Kier molecular flexibility index (Phi) is 12.1. The molecule has 0 aliphatic carbocycles. The maximum atomic E-state index is 12.5. The van der Waals surface area contributed by atoms with E-state index in [1.54, 1.807) is 48.5 Å². The Bertz CT molecular complexity index is 1320. The molecule has 0 fully saturated rings. The van der Waals surface area contributed by atoms with Gasteiger partial charge in [-0.05, 0) is 43.4 Å². The highest BCUT2D eigenvalue weighted by Crippen LogP contribution is 2.44. The Balaban J connectivity index is 1.80. The number of ether oxygens (including phenoxy) is 2. The number of aliphatic hydroxyl groups excluding tert-OH is 1. The molecule has 3 aromatic rings. The summed E-state index contributed by atoms with van der Waals surface area (Å²) in [4.78, 5) is 12.5. The molecule has 0 saturated heterocycles.